The van der Waals surface area contributed by atoms with Gasteiger partial charge in [-0.15, -0.1) is 5.10 Å². The van der Waals surface area contributed by atoms with Gasteiger partial charge in [-0.1, -0.05) is 0 Å². The van der Waals surface area contributed by atoms with Crippen molar-refractivity contribution in [1.29, 1.82) is 0 Å². The quantitative estimate of drug-likeness (QED) is 0.631. The molecule has 0 bridgehead atoms. The Labute approximate surface area is 184 Å². The van der Waals surface area contributed by atoms with E-state index in [9.17, 15) is 44.7 Å². The number of hydrazone groups is 1. The SMILES string of the molecule is CC(NC(=O)c1cc(C(F)(F)F)cc(C(F)(F)F)c1)c1nccnc1C1=NNC(=O)C(F)(F)O1. The number of benzene rings is 1. The molecular formula is C18H11F8N5O3. The molecule has 1 aromatic heterocycles. The van der Waals surface area contributed by atoms with Crippen LogP contribution in [0.5, 0.6) is 0 Å². The molecule has 0 aliphatic carbocycles. The second-order valence-electron chi connectivity index (χ2n) is 6.76. The molecule has 2 heterocycles. The first kappa shape index (κ1) is 24.8. The predicted molar refractivity (Wildman–Crippen MR) is 95.1 cm³/mol. The minimum Gasteiger partial charge on any atom is -0.403 e. The summed E-state index contributed by atoms with van der Waals surface area (Å²) >= 11 is 0. The standard InChI is InChI=1S/C18H11F8N5O3/c1-7(11-12(28-3-2-27-11)14-30-31-15(33)18(25,26)34-14)29-13(32)8-4-9(16(19,20)21)6-10(5-8)17(22,23)24/h2-7H,1H3,(H,29,32)(H,31,33). The molecule has 16 heteroatoms. The van der Waals surface area contributed by atoms with Crippen LogP contribution < -0.4 is 10.7 Å². The van der Waals surface area contributed by atoms with Crippen molar-refractivity contribution in [2.75, 3.05) is 0 Å². The monoisotopic (exact) mass is 497 g/mol. The summed E-state index contributed by atoms with van der Waals surface area (Å²) < 4.78 is 110. The van der Waals surface area contributed by atoms with Crippen LogP contribution in [0.15, 0.2) is 35.7 Å². The zero-order valence-corrected chi connectivity index (χ0v) is 16.6. The van der Waals surface area contributed by atoms with E-state index in [2.05, 4.69) is 25.1 Å². The predicted octanol–water partition coefficient (Wildman–Crippen LogP) is 3.41. The Hall–Kier alpha value is -3.85. The number of hydrogen-bond acceptors (Lipinski definition) is 6. The van der Waals surface area contributed by atoms with Crippen molar-refractivity contribution in [3.8, 4) is 0 Å². The van der Waals surface area contributed by atoms with E-state index in [0.717, 1.165) is 12.4 Å². The first-order chi connectivity index (χ1) is 15.6. The molecule has 2 N–H and O–H groups in total. The van der Waals surface area contributed by atoms with Crippen LogP contribution in [0.4, 0.5) is 35.1 Å². The first-order valence-electron chi connectivity index (χ1n) is 8.96. The van der Waals surface area contributed by atoms with Gasteiger partial charge in [-0.05, 0) is 25.1 Å². The van der Waals surface area contributed by atoms with Crippen LogP contribution in [0.2, 0.25) is 0 Å². The van der Waals surface area contributed by atoms with Crippen molar-refractivity contribution in [2.24, 2.45) is 5.10 Å². The van der Waals surface area contributed by atoms with E-state index in [0.29, 0.717) is 0 Å². The summed E-state index contributed by atoms with van der Waals surface area (Å²) in [5.41, 5.74) is -3.64. The molecule has 0 saturated carbocycles. The number of rotatable bonds is 4. The van der Waals surface area contributed by atoms with Gasteiger partial charge in [0.2, 0.25) is 0 Å². The molecular weight excluding hydrogens is 486 g/mol. The molecule has 2 amide bonds. The number of aromatic nitrogens is 2. The van der Waals surface area contributed by atoms with Crippen LogP contribution in [0.3, 0.4) is 0 Å². The van der Waals surface area contributed by atoms with Gasteiger partial charge in [0, 0.05) is 18.0 Å². The molecule has 1 aliphatic heterocycles. The van der Waals surface area contributed by atoms with Crippen molar-refractivity contribution in [3.05, 3.63) is 58.7 Å². The van der Waals surface area contributed by atoms with Gasteiger partial charge in [0.25, 0.3) is 11.8 Å². The van der Waals surface area contributed by atoms with Gasteiger partial charge in [0.15, 0.2) is 5.69 Å². The van der Waals surface area contributed by atoms with Gasteiger partial charge in [0.1, 0.15) is 0 Å². The lowest BCUT2D eigenvalue weighted by Crippen LogP contribution is -2.47. The third kappa shape index (κ3) is 5.20. The van der Waals surface area contributed by atoms with Crippen molar-refractivity contribution in [2.45, 2.75) is 31.4 Å². The average molecular weight is 497 g/mol. The fraction of sp³-hybridized carbons (Fsp3) is 0.278. The number of nitrogens with one attached hydrogen (secondary N) is 2. The molecule has 2 aromatic rings. The smallest absolute Gasteiger partial charge is 0.403 e. The summed E-state index contributed by atoms with van der Waals surface area (Å²) in [6.07, 6.45) is -12.6. The normalized spacial score (nSPS) is 16.7. The highest BCUT2D eigenvalue weighted by molar-refractivity contribution is 5.99. The van der Waals surface area contributed by atoms with Crippen molar-refractivity contribution in [3.63, 3.8) is 0 Å². The van der Waals surface area contributed by atoms with Crippen LogP contribution in [0.25, 0.3) is 0 Å². The minimum atomic E-state index is -5.17. The second kappa shape index (κ2) is 8.49. The van der Waals surface area contributed by atoms with Crippen LogP contribution >= 0.6 is 0 Å². The van der Waals surface area contributed by atoms with Gasteiger partial charge in [-0.25, -0.2) is 10.4 Å². The Morgan fingerprint density at radius 1 is 1.03 bits per heavy atom. The number of ether oxygens (including phenoxy) is 1. The number of carbonyl (C=O) groups excluding carboxylic acids is 2. The van der Waals surface area contributed by atoms with Crippen LogP contribution in [-0.4, -0.2) is 33.8 Å². The van der Waals surface area contributed by atoms with Gasteiger partial charge in [-0.2, -0.15) is 35.1 Å². The maximum Gasteiger partial charge on any atom is 0.485 e. The van der Waals surface area contributed by atoms with E-state index in [1.54, 1.807) is 0 Å². The molecule has 0 fully saturated rings. The van der Waals surface area contributed by atoms with Crippen LogP contribution in [0.1, 0.15) is 45.8 Å². The largest absolute Gasteiger partial charge is 0.485 e. The number of alkyl halides is 8. The molecule has 1 atom stereocenters. The Bertz CT molecular complexity index is 1130. The van der Waals surface area contributed by atoms with Gasteiger partial charge < -0.3 is 10.1 Å². The van der Waals surface area contributed by atoms with Gasteiger partial charge in [0.05, 0.1) is 22.9 Å². The zero-order valence-electron chi connectivity index (χ0n) is 16.6. The summed E-state index contributed by atoms with van der Waals surface area (Å²) in [7, 11) is 0. The van der Waals surface area contributed by atoms with Gasteiger partial charge in [-0.3, -0.25) is 14.6 Å². The first-order valence-corrected chi connectivity index (χ1v) is 8.96. The number of halogens is 8. The van der Waals surface area contributed by atoms with Crippen molar-refractivity contribution < 1.29 is 49.4 Å². The van der Waals surface area contributed by atoms with E-state index < -0.39 is 64.6 Å². The lowest BCUT2D eigenvalue weighted by atomic mass is 10.0. The van der Waals surface area contributed by atoms with E-state index in [1.807, 2.05) is 0 Å². The highest BCUT2D eigenvalue weighted by Crippen LogP contribution is 2.36. The Balaban J connectivity index is 1.93. The Kier molecular flexibility index (Phi) is 6.19. The van der Waals surface area contributed by atoms with Crippen LogP contribution in [-0.2, 0) is 21.9 Å². The summed E-state index contributed by atoms with van der Waals surface area (Å²) in [4.78, 5) is 31.1. The lowest BCUT2D eigenvalue weighted by Gasteiger charge is -2.23. The number of carbonyl (C=O) groups is 2. The van der Waals surface area contributed by atoms with Crippen molar-refractivity contribution in [1.82, 2.24) is 20.7 Å². The topological polar surface area (TPSA) is 106 Å². The third-order valence-electron chi connectivity index (χ3n) is 4.28. The molecule has 1 aliphatic rings. The van der Waals surface area contributed by atoms with Crippen molar-refractivity contribution >= 4 is 17.7 Å². The molecule has 182 valence electrons. The zero-order chi connectivity index (χ0) is 25.5. The summed E-state index contributed by atoms with van der Waals surface area (Å²) in [5, 5.41) is 5.40. The maximum atomic E-state index is 13.5. The van der Waals surface area contributed by atoms with E-state index >= 15 is 0 Å². The fourth-order valence-corrected chi connectivity index (χ4v) is 2.72. The molecule has 3 rings (SSSR count). The summed E-state index contributed by atoms with van der Waals surface area (Å²) in [6, 6.07) is -0.996. The third-order valence-corrected chi connectivity index (χ3v) is 4.28. The Morgan fingerprint density at radius 2 is 1.59 bits per heavy atom. The maximum absolute atomic E-state index is 13.5. The summed E-state index contributed by atoms with van der Waals surface area (Å²) in [5.74, 6) is -4.12. The summed E-state index contributed by atoms with van der Waals surface area (Å²) in [6.45, 7) is 1.20. The van der Waals surface area contributed by atoms with E-state index in [-0.39, 0.29) is 23.9 Å². The van der Waals surface area contributed by atoms with Gasteiger partial charge >= 0.3 is 24.4 Å². The number of amides is 2. The molecule has 34 heavy (non-hydrogen) atoms. The Morgan fingerprint density at radius 3 is 2.12 bits per heavy atom. The van der Waals surface area contributed by atoms with E-state index in [1.165, 1.54) is 12.3 Å². The highest BCUT2D eigenvalue weighted by Gasteiger charge is 2.47. The lowest BCUT2D eigenvalue weighted by molar-refractivity contribution is -0.202. The highest BCUT2D eigenvalue weighted by atomic mass is 19.4. The average Bonchev–Trinajstić information content (AvgIpc) is 2.74. The van der Waals surface area contributed by atoms with E-state index in [4.69, 9.17) is 0 Å². The minimum absolute atomic E-state index is 0.145. The molecule has 1 aromatic carbocycles. The molecule has 1 unspecified atom stereocenters. The molecule has 8 nitrogen and oxygen atoms in total. The fourth-order valence-electron chi connectivity index (χ4n) is 2.72. The molecule has 0 radical (unpaired) electrons. The second-order valence-corrected chi connectivity index (χ2v) is 6.76. The number of nitrogens with zero attached hydrogens (tertiary/aromatic N) is 3. The molecule has 0 spiro atoms. The number of hydrogen-bond donors (Lipinski definition) is 2. The molecule has 0 saturated heterocycles. The van der Waals surface area contributed by atoms with Crippen LogP contribution in [0, 0.1) is 0 Å².